The number of nitrogens with zero attached hydrogens (tertiary/aromatic N) is 2. The fraction of sp³-hybridized carbons (Fsp3) is 0.438. The number of benzene rings is 1. The van der Waals surface area contributed by atoms with Crippen molar-refractivity contribution in [3.8, 4) is 0 Å². The van der Waals surface area contributed by atoms with E-state index in [-0.39, 0.29) is 12.3 Å². The molecule has 0 saturated carbocycles. The number of fused-ring (bicyclic) bond motifs is 1. The van der Waals surface area contributed by atoms with Crippen LogP contribution in [0.2, 0.25) is 0 Å². The summed E-state index contributed by atoms with van der Waals surface area (Å²) in [5, 5.41) is -0.839. The van der Waals surface area contributed by atoms with Crippen molar-refractivity contribution < 1.29 is 14.0 Å². The Morgan fingerprint density at radius 1 is 1.22 bits per heavy atom. The number of aromatic nitrogens is 1. The van der Waals surface area contributed by atoms with Gasteiger partial charge in [-0.05, 0) is 31.4 Å². The van der Waals surface area contributed by atoms with Crippen LogP contribution in [0.1, 0.15) is 37.5 Å². The number of thiol groups is 2. The predicted molar refractivity (Wildman–Crippen MR) is 95.4 cm³/mol. The second kappa shape index (κ2) is 6.97. The van der Waals surface area contributed by atoms with Crippen molar-refractivity contribution in [2.45, 2.75) is 31.6 Å². The molecule has 1 aromatic carbocycles. The molecule has 1 saturated heterocycles. The van der Waals surface area contributed by atoms with Gasteiger partial charge in [0.1, 0.15) is 11.4 Å². The van der Waals surface area contributed by atoms with Crippen molar-refractivity contribution in [3.63, 3.8) is 0 Å². The smallest absolute Gasteiger partial charge is 0.207 e. The van der Waals surface area contributed by atoms with Crippen LogP contribution in [0.5, 0.6) is 0 Å². The Labute approximate surface area is 145 Å². The average Bonchev–Trinajstić information content (AvgIpc) is 2.96. The van der Waals surface area contributed by atoms with Gasteiger partial charge in [0.15, 0.2) is 15.8 Å². The fourth-order valence-electron chi connectivity index (χ4n) is 2.95. The second-order valence-electron chi connectivity index (χ2n) is 5.71. The molecule has 0 bridgehead atoms. The molecule has 1 aliphatic rings. The molecule has 1 fully saturated rings. The molecule has 5 nitrogen and oxygen atoms in total. The van der Waals surface area contributed by atoms with Gasteiger partial charge in [-0.3, -0.25) is 9.59 Å². The van der Waals surface area contributed by atoms with Gasteiger partial charge in [0.2, 0.25) is 5.89 Å². The molecule has 3 rings (SSSR count). The van der Waals surface area contributed by atoms with Crippen LogP contribution < -0.4 is 4.90 Å². The zero-order chi connectivity index (χ0) is 16.4. The number of piperidine rings is 1. The number of oxazole rings is 1. The lowest BCUT2D eigenvalue weighted by Crippen LogP contribution is -2.29. The van der Waals surface area contributed by atoms with E-state index in [1.54, 1.807) is 0 Å². The van der Waals surface area contributed by atoms with E-state index in [0.717, 1.165) is 37.1 Å². The van der Waals surface area contributed by atoms with Crippen LogP contribution in [0.15, 0.2) is 22.6 Å². The fourth-order valence-corrected chi connectivity index (χ4v) is 3.33. The molecule has 1 aromatic heterocycles. The molecule has 1 aliphatic heterocycles. The molecule has 0 aliphatic carbocycles. The molecular weight excluding hydrogens is 332 g/mol. The molecule has 0 spiro atoms. The maximum absolute atomic E-state index is 11.7. The number of anilines is 1. The van der Waals surface area contributed by atoms with Crippen molar-refractivity contribution in [2.75, 3.05) is 18.0 Å². The van der Waals surface area contributed by atoms with Crippen LogP contribution in [-0.2, 0) is 9.59 Å². The maximum Gasteiger partial charge on any atom is 0.207 e. The lowest BCUT2D eigenvalue weighted by Gasteiger charge is -2.28. The number of hydrogen-bond donors (Lipinski definition) is 2. The minimum absolute atomic E-state index is 0.0721. The quantitative estimate of drug-likeness (QED) is 0.811. The molecule has 1 unspecified atom stereocenters. The van der Waals surface area contributed by atoms with Gasteiger partial charge < -0.3 is 9.32 Å². The van der Waals surface area contributed by atoms with Crippen LogP contribution in [0.25, 0.3) is 11.1 Å². The molecule has 7 heteroatoms. The van der Waals surface area contributed by atoms with E-state index < -0.39 is 16.1 Å². The highest BCUT2D eigenvalue weighted by Crippen LogP contribution is 2.32. The van der Waals surface area contributed by atoms with Crippen LogP contribution >= 0.6 is 25.3 Å². The third kappa shape index (κ3) is 3.55. The van der Waals surface area contributed by atoms with Gasteiger partial charge in [0, 0.05) is 19.5 Å². The van der Waals surface area contributed by atoms with E-state index in [0.29, 0.717) is 5.58 Å². The Morgan fingerprint density at radius 2 is 1.96 bits per heavy atom. The van der Waals surface area contributed by atoms with Crippen LogP contribution in [-0.4, -0.2) is 28.3 Å². The second-order valence-corrected chi connectivity index (χ2v) is 6.65. The first-order chi connectivity index (χ1) is 11.1. The highest BCUT2D eigenvalue weighted by molar-refractivity contribution is 7.97. The van der Waals surface area contributed by atoms with Gasteiger partial charge in [-0.25, -0.2) is 4.98 Å². The topological polar surface area (TPSA) is 63.4 Å². The monoisotopic (exact) mass is 350 g/mol. The van der Waals surface area contributed by atoms with Gasteiger partial charge >= 0.3 is 0 Å². The predicted octanol–water partition coefficient (Wildman–Crippen LogP) is 3.20. The first kappa shape index (κ1) is 16.4. The highest BCUT2D eigenvalue weighted by Gasteiger charge is 2.27. The van der Waals surface area contributed by atoms with Crippen molar-refractivity contribution in [1.29, 1.82) is 0 Å². The van der Waals surface area contributed by atoms with E-state index in [1.165, 1.54) is 6.42 Å². The Kier molecular flexibility index (Phi) is 4.96. The van der Waals surface area contributed by atoms with Gasteiger partial charge in [-0.2, -0.15) is 0 Å². The highest BCUT2D eigenvalue weighted by atomic mass is 32.1. The molecule has 0 N–H and O–H groups in total. The summed E-state index contributed by atoms with van der Waals surface area (Å²) in [6.45, 7) is 1.98. The van der Waals surface area contributed by atoms with Crippen LogP contribution in [0.3, 0.4) is 0 Å². The van der Waals surface area contributed by atoms with Crippen molar-refractivity contribution in [2.24, 2.45) is 0 Å². The van der Waals surface area contributed by atoms with Crippen LogP contribution in [0, 0.1) is 0 Å². The van der Waals surface area contributed by atoms with Gasteiger partial charge in [0.05, 0.1) is 5.69 Å². The number of carbonyl (C=O) groups is 2. The van der Waals surface area contributed by atoms with Crippen molar-refractivity contribution >= 4 is 52.3 Å². The Hall–Kier alpha value is -1.47. The summed E-state index contributed by atoms with van der Waals surface area (Å²) < 4.78 is 5.73. The SMILES string of the molecule is O=C(S)CC(C(=O)S)c1nc2c(N3CCCCC3)cccc2o1. The zero-order valence-electron chi connectivity index (χ0n) is 12.6. The Bertz CT molecular complexity index is 738. The third-order valence-corrected chi connectivity index (χ3v) is 4.58. The number of rotatable bonds is 5. The Morgan fingerprint density at radius 3 is 2.61 bits per heavy atom. The summed E-state index contributed by atoms with van der Waals surface area (Å²) in [6.07, 6.45) is 3.49. The van der Waals surface area contributed by atoms with Crippen molar-refractivity contribution in [3.05, 3.63) is 24.1 Å². The van der Waals surface area contributed by atoms with Gasteiger partial charge in [0.25, 0.3) is 0 Å². The standard InChI is InChI=1S/C16H18N2O3S2/c19-13(22)9-10(16(20)23)15-17-14-11(5-4-6-12(14)21-15)18-7-2-1-3-8-18/h4-6,10H,1-3,7-9H2,(H,19,22)(H,20,23). The molecule has 2 aromatic rings. The molecule has 0 amide bonds. The normalized spacial score (nSPS) is 16.5. The summed E-state index contributed by atoms with van der Waals surface area (Å²) in [4.78, 5) is 29.8. The average molecular weight is 350 g/mol. The van der Waals surface area contributed by atoms with E-state index in [1.807, 2.05) is 18.2 Å². The molecule has 122 valence electrons. The van der Waals surface area contributed by atoms with Gasteiger partial charge in [-0.1, -0.05) is 6.07 Å². The number of para-hydroxylation sites is 1. The molecule has 23 heavy (non-hydrogen) atoms. The lowest BCUT2D eigenvalue weighted by atomic mass is 10.1. The number of carbonyl (C=O) groups excluding carboxylic acids is 2. The molecule has 1 atom stereocenters. The first-order valence-corrected chi connectivity index (χ1v) is 8.54. The van der Waals surface area contributed by atoms with E-state index >= 15 is 0 Å². The maximum atomic E-state index is 11.7. The summed E-state index contributed by atoms with van der Waals surface area (Å²) in [5.74, 6) is -0.572. The number of hydrogen-bond acceptors (Lipinski definition) is 5. The summed E-state index contributed by atoms with van der Waals surface area (Å²) in [6, 6.07) is 5.76. The summed E-state index contributed by atoms with van der Waals surface area (Å²) >= 11 is 7.60. The van der Waals surface area contributed by atoms with Gasteiger partial charge in [-0.15, -0.1) is 25.3 Å². The molecule has 2 heterocycles. The van der Waals surface area contributed by atoms with E-state index in [4.69, 9.17) is 4.42 Å². The summed E-state index contributed by atoms with van der Waals surface area (Å²) in [7, 11) is 0. The zero-order valence-corrected chi connectivity index (χ0v) is 14.4. The molecule has 0 radical (unpaired) electrons. The molecular formula is C16H18N2O3S2. The van der Waals surface area contributed by atoms with Crippen LogP contribution in [0.4, 0.5) is 5.69 Å². The largest absolute Gasteiger partial charge is 0.440 e. The summed E-state index contributed by atoms with van der Waals surface area (Å²) in [5.41, 5.74) is 2.37. The third-order valence-electron chi connectivity index (χ3n) is 4.09. The van der Waals surface area contributed by atoms with E-state index in [9.17, 15) is 9.59 Å². The van der Waals surface area contributed by atoms with Crippen molar-refractivity contribution in [1.82, 2.24) is 4.98 Å². The first-order valence-electron chi connectivity index (χ1n) is 7.65. The minimum Gasteiger partial charge on any atom is -0.440 e. The van der Waals surface area contributed by atoms with E-state index in [2.05, 4.69) is 35.1 Å². The minimum atomic E-state index is -0.801. The lowest BCUT2D eigenvalue weighted by molar-refractivity contribution is -0.117. The Balaban J connectivity index is 2.00.